The maximum Gasteiger partial charge on any atom is 0.295 e. The van der Waals surface area contributed by atoms with Gasteiger partial charge < -0.3 is 19.5 Å². The highest BCUT2D eigenvalue weighted by Gasteiger charge is 2.45. The molecule has 1 N–H and O–H groups in total. The van der Waals surface area contributed by atoms with E-state index in [1.807, 2.05) is 30.3 Å². The number of aliphatic hydroxyl groups is 1. The molecule has 4 rings (SSSR count). The second-order valence-electron chi connectivity index (χ2n) is 7.94. The minimum Gasteiger partial charge on any atom is -0.507 e. The lowest BCUT2D eigenvalue weighted by Gasteiger charge is -2.29. The third-order valence-corrected chi connectivity index (χ3v) is 5.98. The molecule has 0 radical (unpaired) electrons. The van der Waals surface area contributed by atoms with Crippen molar-refractivity contribution in [1.82, 2.24) is 9.80 Å². The van der Waals surface area contributed by atoms with Gasteiger partial charge in [0, 0.05) is 31.7 Å². The first-order chi connectivity index (χ1) is 15.6. The number of hydrogen-bond donors (Lipinski definition) is 1. The summed E-state index contributed by atoms with van der Waals surface area (Å²) >= 11 is 0. The fraction of sp³-hybridized carbons (Fsp3) is 0.360. The lowest BCUT2D eigenvalue weighted by molar-refractivity contribution is -0.140. The number of benzene rings is 2. The third kappa shape index (κ3) is 4.54. The van der Waals surface area contributed by atoms with Crippen LogP contribution in [0.3, 0.4) is 0 Å². The van der Waals surface area contributed by atoms with Crippen LogP contribution in [-0.2, 0) is 14.3 Å². The van der Waals surface area contributed by atoms with Crippen LogP contribution in [-0.4, -0.2) is 73.1 Å². The molecule has 1 amide bonds. The van der Waals surface area contributed by atoms with Crippen molar-refractivity contribution in [2.45, 2.75) is 12.5 Å². The molecule has 2 aliphatic heterocycles. The van der Waals surface area contributed by atoms with E-state index in [9.17, 15) is 14.7 Å². The van der Waals surface area contributed by atoms with Crippen LogP contribution in [0.4, 0.5) is 0 Å². The predicted molar refractivity (Wildman–Crippen MR) is 120 cm³/mol. The van der Waals surface area contributed by atoms with Crippen LogP contribution in [0.1, 0.15) is 23.6 Å². The molecular weight excluding hydrogens is 408 g/mol. The van der Waals surface area contributed by atoms with Crippen molar-refractivity contribution in [1.29, 1.82) is 0 Å². The van der Waals surface area contributed by atoms with Gasteiger partial charge in [0.25, 0.3) is 11.7 Å². The van der Waals surface area contributed by atoms with Crippen LogP contribution in [0.25, 0.3) is 5.76 Å². The maximum absolute atomic E-state index is 13.1. The molecule has 2 saturated heterocycles. The second kappa shape index (κ2) is 9.97. The molecule has 7 nitrogen and oxygen atoms in total. The highest BCUT2D eigenvalue weighted by Crippen LogP contribution is 2.39. The quantitative estimate of drug-likeness (QED) is 0.409. The Labute approximate surface area is 187 Å². The van der Waals surface area contributed by atoms with Crippen LogP contribution in [0.15, 0.2) is 60.2 Å². The van der Waals surface area contributed by atoms with Crippen LogP contribution < -0.4 is 4.74 Å². The fourth-order valence-corrected chi connectivity index (χ4v) is 4.31. The lowest BCUT2D eigenvalue weighted by Crippen LogP contribution is -2.38. The first-order valence-electron chi connectivity index (χ1n) is 10.9. The number of ketones is 1. The van der Waals surface area contributed by atoms with Gasteiger partial charge in [-0.2, -0.15) is 0 Å². The number of carbonyl (C=O) groups excluding carboxylic acids is 2. The molecule has 2 fully saturated rings. The summed E-state index contributed by atoms with van der Waals surface area (Å²) in [5.41, 5.74) is 1.35. The first kappa shape index (κ1) is 22.0. The Morgan fingerprint density at radius 3 is 2.53 bits per heavy atom. The SMILES string of the molecule is COc1cccc(C(O)=C2C(=O)C(=O)N(CCCN3CCOCC3)[C@H]2c2ccccc2)c1. The molecule has 1 atom stereocenters. The lowest BCUT2D eigenvalue weighted by atomic mass is 9.95. The Hall–Kier alpha value is -3.16. The average Bonchev–Trinajstić information content (AvgIpc) is 3.10. The number of Topliss-reactive ketones (excluding diaryl/α,β-unsaturated/α-hetero) is 1. The van der Waals surface area contributed by atoms with Gasteiger partial charge in [0.05, 0.1) is 31.9 Å². The minimum atomic E-state index is -0.662. The van der Waals surface area contributed by atoms with Crippen molar-refractivity contribution >= 4 is 17.4 Å². The monoisotopic (exact) mass is 436 g/mol. The molecule has 0 unspecified atom stereocenters. The van der Waals surface area contributed by atoms with Gasteiger partial charge >= 0.3 is 0 Å². The second-order valence-corrected chi connectivity index (χ2v) is 7.94. The summed E-state index contributed by atoms with van der Waals surface area (Å²) in [6, 6.07) is 15.6. The van der Waals surface area contributed by atoms with E-state index in [1.165, 1.54) is 7.11 Å². The van der Waals surface area contributed by atoms with Crippen molar-refractivity contribution in [3.8, 4) is 5.75 Å². The number of hydrogen-bond acceptors (Lipinski definition) is 6. The Morgan fingerprint density at radius 1 is 1.06 bits per heavy atom. The zero-order valence-electron chi connectivity index (χ0n) is 18.2. The summed E-state index contributed by atoms with van der Waals surface area (Å²) in [6.45, 7) is 4.43. The Kier molecular flexibility index (Phi) is 6.87. The van der Waals surface area contributed by atoms with E-state index < -0.39 is 17.7 Å². The maximum atomic E-state index is 13.1. The molecule has 0 bridgehead atoms. The summed E-state index contributed by atoms with van der Waals surface area (Å²) in [7, 11) is 1.54. The largest absolute Gasteiger partial charge is 0.507 e. The number of amides is 1. The Morgan fingerprint density at radius 2 is 1.81 bits per heavy atom. The summed E-state index contributed by atoms with van der Waals surface area (Å²) in [5.74, 6) is -0.868. The molecule has 2 aliphatic rings. The normalized spacial score (nSPS) is 21.2. The third-order valence-electron chi connectivity index (χ3n) is 5.98. The highest BCUT2D eigenvalue weighted by atomic mass is 16.5. The number of morpholine rings is 1. The van der Waals surface area contributed by atoms with E-state index in [-0.39, 0.29) is 11.3 Å². The van der Waals surface area contributed by atoms with E-state index in [0.717, 1.165) is 44.8 Å². The van der Waals surface area contributed by atoms with E-state index in [2.05, 4.69) is 4.90 Å². The average molecular weight is 437 g/mol. The van der Waals surface area contributed by atoms with Crippen LogP contribution in [0.5, 0.6) is 5.75 Å². The number of ether oxygens (including phenoxy) is 2. The Balaban J connectivity index is 1.65. The number of rotatable bonds is 7. The van der Waals surface area contributed by atoms with Gasteiger partial charge in [0.15, 0.2) is 0 Å². The number of carbonyl (C=O) groups is 2. The molecule has 7 heteroatoms. The van der Waals surface area contributed by atoms with E-state index >= 15 is 0 Å². The Bertz CT molecular complexity index is 998. The van der Waals surface area contributed by atoms with Crippen molar-refractivity contribution < 1.29 is 24.2 Å². The van der Waals surface area contributed by atoms with Crippen molar-refractivity contribution in [2.75, 3.05) is 46.5 Å². The molecule has 2 aromatic rings. The van der Waals surface area contributed by atoms with Crippen molar-refractivity contribution in [2.24, 2.45) is 0 Å². The summed E-state index contributed by atoms with van der Waals surface area (Å²) in [4.78, 5) is 30.0. The minimum absolute atomic E-state index is 0.112. The van der Waals surface area contributed by atoms with Crippen LogP contribution in [0, 0.1) is 0 Å². The van der Waals surface area contributed by atoms with Gasteiger partial charge in [-0.25, -0.2) is 0 Å². The molecule has 0 saturated carbocycles. The number of nitrogens with zero attached hydrogens (tertiary/aromatic N) is 2. The molecule has 0 aromatic heterocycles. The smallest absolute Gasteiger partial charge is 0.295 e. The topological polar surface area (TPSA) is 79.3 Å². The number of methoxy groups -OCH3 is 1. The zero-order valence-corrected chi connectivity index (χ0v) is 18.2. The molecule has 0 spiro atoms. The fourth-order valence-electron chi connectivity index (χ4n) is 4.31. The first-order valence-corrected chi connectivity index (χ1v) is 10.9. The molecular formula is C25H28N2O5. The zero-order chi connectivity index (χ0) is 22.5. The molecule has 168 valence electrons. The van der Waals surface area contributed by atoms with Crippen molar-refractivity contribution in [3.05, 3.63) is 71.3 Å². The highest BCUT2D eigenvalue weighted by molar-refractivity contribution is 6.46. The summed E-state index contributed by atoms with van der Waals surface area (Å²) < 4.78 is 10.6. The van der Waals surface area contributed by atoms with Crippen LogP contribution >= 0.6 is 0 Å². The van der Waals surface area contributed by atoms with E-state index in [4.69, 9.17) is 9.47 Å². The molecule has 2 heterocycles. The molecule has 0 aliphatic carbocycles. The standard InChI is InChI=1S/C25H28N2O5/c1-31-20-10-5-9-19(17-20)23(28)21-22(18-7-3-2-4-8-18)27(25(30)24(21)29)12-6-11-26-13-15-32-16-14-26/h2-5,7-10,17,22,28H,6,11-16H2,1H3/t22-/m0/s1. The van der Waals surface area contributed by atoms with Gasteiger partial charge in [0.1, 0.15) is 11.5 Å². The summed E-state index contributed by atoms with van der Waals surface area (Å²) in [5, 5.41) is 11.1. The van der Waals surface area contributed by atoms with Gasteiger partial charge in [-0.1, -0.05) is 42.5 Å². The number of likely N-dealkylation sites (tertiary alicyclic amines) is 1. The van der Waals surface area contributed by atoms with Gasteiger partial charge in [-0.15, -0.1) is 0 Å². The van der Waals surface area contributed by atoms with Gasteiger partial charge in [-0.05, 0) is 24.1 Å². The van der Waals surface area contributed by atoms with Crippen molar-refractivity contribution in [3.63, 3.8) is 0 Å². The molecule has 32 heavy (non-hydrogen) atoms. The van der Waals surface area contributed by atoms with Gasteiger partial charge in [-0.3, -0.25) is 14.5 Å². The number of aliphatic hydroxyl groups excluding tert-OH is 1. The van der Waals surface area contributed by atoms with Crippen LogP contribution in [0.2, 0.25) is 0 Å². The summed E-state index contributed by atoms with van der Waals surface area (Å²) in [6.07, 6.45) is 0.732. The van der Waals surface area contributed by atoms with E-state index in [0.29, 0.717) is 17.9 Å². The van der Waals surface area contributed by atoms with E-state index in [1.54, 1.807) is 29.2 Å². The molecule has 2 aromatic carbocycles. The van der Waals surface area contributed by atoms with Gasteiger partial charge in [0.2, 0.25) is 0 Å². The predicted octanol–water partition coefficient (Wildman–Crippen LogP) is 2.84.